The molecule has 0 heterocycles. The van der Waals surface area contributed by atoms with Gasteiger partial charge in [-0.3, -0.25) is 9.59 Å². The Balaban J connectivity index is 4.00. The zero-order valence-electron chi connectivity index (χ0n) is 12.2. The Kier molecular flexibility index (Phi) is 6.96. The molecule has 18 heavy (non-hydrogen) atoms. The predicted octanol–water partition coefficient (Wildman–Crippen LogP) is 3.25. The van der Waals surface area contributed by atoms with Gasteiger partial charge >= 0.3 is 11.9 Å². The van der Waals surface area contributed by atoms with Gasteiger partial charge in [0.15, 0.2) is 0 Å². The molecule has 4 nitrogen and oxygen atoms in total. The Morgan fingerprint density at radius 1 is 1.22 bits per heavy atom. The molecular weight excluding hydrogens is 232 g/mol. The van der Waals surface area contributed by atoms with Crippen LogP contribution in [0.15, 0.2) is 0 Å². The monoisotopic (exact) mass is 258 g/mol. The first-order valence-electron chi connectivity index (χ1n) is 6.56. The molecule has 4 heteroatoms. The van der Waals surface area contributed by atoms with E-state index >= 15 is 0 Å². The number of aliphatic carboxylic acids is 1. The maximum atomic E-state index is 11.5. The smallest absolute Gasteiger partial charge is 0.306 e. The van der Waals surface area contributed by atoms with Crippen molar-refractivity contribution >= 4 is 11.9 Å². The number of ether oxygens (including phenoxy) is 1. The molecule has 0 saturated carbocycles. The first-order valence-corrected chi connectivity index (χ1v) is 6.56. The van der Waals surface area contributed by atoms with Crippen molar-refractivity contribution in [3.63, 3.8) is 0 Å². The van der Waals surface area contributed by atoms with E-state index in [1.54, 1.807) is 0 Å². The average Bonchev–Trinajstić information content (AvgIpc) is 2.12. The van der Waals surface area contributed by atoms with Crippen LogP contribution in [0.4, 0.5) is 0 Å². The fourth-order valence-electron chi connectivity index (χ4n) is 1.80. The van der Waals surface area contributed by atoms with Gasteiger partial charge in [0.2, 0.25) is 0 Å². The van der Waals surface area contributed by atoms with Crippen LogP contribution in [0.25, 0.3) is 0 Å². The summed E-state index contributed by atoms with van der Waals surface area (Å²) in [6.45, 7) is 9.48. The molecule has 0 bridgehead atoms. The molecule has 0 rings (SSSR count). The zero-order chi connectivity index (χ0) is 14.3. The molecule has 0 aliphatic carbocycles. The van der Waals surface area contributed by atoms with Gasteiger partial charge in [-0.15, -0.1) is 0 Å². The Hall–Kier alpha value is -1.06. The molecule has 0 aromatic carbocycles. The normalized spacial score (nSPS) is 13.4. The van der Waals surface area contributed by atoms with Gasteiger partial charge in [-0.25, -0.2) is 0 Å². The van der Waals surface area contributed by atoms with Crippen molar-refractivity contribution in [2.75, 3.05) is 0 Å². The van der Waals surface area contributed by atoms with Crippen molar-refractivity contribution in [3.05, 3.63) is 0 Å². The number of esters is 1. The summed E-state index contributed by atoms with van der Waals surface area (Å²) in [7, 11) is 0. The van der Waals surface area contributed by atoms with E-state index in [0.29, 0.717) is 31.6 Å². The summed E-state index contributed by atoms with van der Waals surface area (Å²) in [6.07, 6.45) is 2.05. The van der Waals surface area contributed by atoms with Crippen molar-refractivity contribution < 1.29 is 19.4 Å². The SMILES string of the molecule is CC(C)CC(CCCC(=O)OC(C)(C)C)C(=O)O. The van der Waals surface area contributed by atoms with E-state index in [2.05, 4.69) is 0 Å². The fourth-order valence-corrected chi connectivity index (χ4v) is 1.80. The van der Waals surface area contributed by atoms with Crippen molar-refractivity contribution in [1.82, 2.24) is 0 Å². The molecule has 0 spiro atoms. The summed E-state index contributed by atoms with van der Waals surface area (Å²) < 4.78 is 5.17. The fraction of sp³-hybridized carbons (Fsp3) is 0.857. The number of carbonyl (C=O) groups excluding carboxylic acids is 1. The van der Waals surface area contributed by atoms with Crippen LogP contribution in [0.1, 0.15) is 60.3 Å². The molecule has 0 amide bonds. The van der Waals surface area contributed by atoms with Crippen molar-refractivity contribution in [2.45, 2.75) is 65.9 Å². The average molecular weight is 258 g/mol. The second-order valence-electron chi connectivity index (χ2n) is 6.14. The van der Waals surface area contributed by atoms with E-state index in [1.165, 1.54) is 0 Å². The van der Waals surface area contributed by atoms with Gasteiger partial charge in [0.25, 0.3) is 0 Å². The van der Waals surface area contributed by atoms with Crippen LogP contribution < -0.4 is 0 Å². The van der Waals surface area contributed by atoms with Crippen LogP contribution in [0.2, 0.25) is 0 Å². The molecule has 1 unspecified atom stereocenters. The molecule has 0 aliphatic rings. The van der Waals surface area contributed by atoms with Gasteiger partial charge in [-0.1, -0.05) is 13.8 Å². The summed E-state index contributed by atoms with van der Waals surface area (Å²) in [5.41, 5.74) is -0.471. The Morgan fingerprint density at radius 2 is 1.78 bits per heavy atom. The van der Waals surface area contributed by atoms with Crippen molar-refractivity contribution in [2.24, 2.45) is 11.8 Å². The van der Waals surface area contributed by atoms with Crippen LogP contribution in [0.5, 0.6) is 0 Å². The lowest BCUT2D eigenvalue weighted by molar-refractivity contribution is -0.155. The van der Waals surface area contributed by atoms with Gasteiger partial charge in [0, 0.05) is 6.42 Å². The molecule has 1 atom stereocenters. The lowest BCUT2D eigenvalue weighted by Crippen LogP contribution is -2.24. The highest BCUT2D eigenvalue weighted by molar-refractivity contribution is 5.71. The minimum atomic E-state index is -0.770. The highest BCUT2D eigenvalue weighted by Crippen LogP contribution is 2.19. The lowest BCUT2D eigenvalue weighted by Gasteiger charge is -2.20. The highest BCUT2D eigenvalue weighted by Gasteiger charge is 2.20. The molecule has 0 aliphatic heterocycles. The second-order valence-corrected chi connectivity index (χ2v) is 6.14. The van der Waals surface area contributed by atoms with Crippen LogP contribution in [0, 0.1) is 11.8 Å². The third-order valence-electron chi connectivity index (χ3n) is 2.46. The third-order valence-corrected chi connectivity index (χ3v) is 2.46. The molecule has 0 fully saturated rings. The van der Waals surface area contributed by atoms with Gasteiger partial charge in [0.05, 0.1) is 5.92 Å². The topological polar surface area (TPSA) is 63.6 Å². The molecule has 0 radical (unpaired) electrons. The summed E-state index contributed by atoms with van der Waals surface area (Å²) in [5.74, 6) is -1.02. The minimum Gasteiger partial charge on any atom is -0.481 e. The summed E-state index contributed by atoms with van der Waals surface area (Å²) in [4.78, 5) is 22.5. The molecular formula is C14H26O4. The largest absolute Gasteiger partial charge is 0.481 e. The number of carboxylic acids is 1. The summed E-state index contributed by atoms with van der Waals surface area (Å²) in [5, 5.41) is 9.06. The van der Waals surface area contributed by atoms with E-state index < -0.39 is 11.6 Å². The second kappa shape index (κ2) is 7.39. The standard InChI is InChI=1S/C14H26O4/c1-10(2)9-11(13(16)17)7-6-8-12(15)18-14(3,4)5/h10-11H,6-9H2,1-5H3,(H,16,17). The quantitative estimate of drug-likeness (QED) is 0.712. The number of carboxylic acid groups (broad SMARTS) is 1. The first kappa shape index (κ1) is 16.9. The number of hydrogen-bond donors (Lipinski definition) is 1. The van der Waals surface area contributed by atoms with Crippen LogP contribution in [0.3, 0.4) is 0 Å². The van der Waals surface area contributed by atoms with Gasteiger partial charge < -0.3 is 9.84 Å². The maximum absolute atomic E-state index is 11.5. The van der Waals surface area contributed by atoms with Gasteiger partial charge in [-0.05, 0) is 46.0 Å². The number of rotatable bonds is 7. The van der Waals surface area contributed by atoms with E-state index in [-0.39, 0.29) is 11.9 Å². The molecule has 1 N–H and O–H groups in total. The van der Waals surface area contributed by atoms with Gasteiger partial charge in [0.1, 0.15) is 5.60 Å². The van der Waals surface area contributed by atoms with E-state index in [1.807, 2.05) is 34.6 Å². The van der Waals surface area contributed by atoms with E-state index in [9.17, 15) is 9.59 Å². The molecule has 0 aromatic rings. The van der Waals surface area contributed by atoms with Gasteiger partial charge in [-0.2, -0.15) is 0 Å². The van der Waals surface area contributed by atoms with E-state index in [4.69, 9.17) is 9.84 Å². The van der Waals surface area contributed by atoms with Crippen LogP contribution in [-0.4, -0.2) is 22.6 Å². The molecule has 0 aromatic heterocycles. The maximum Gasteiger partial charge on any atom is 0.306 e. The Labute approximate surface area is 110 Å². The van der Waals surface area contributed by atoms with Crippen LogP contribution >= 0.6 is 0 Å². The van der Waals surface area contributed by atoms with Crippen molar-refractivity contribution in [1.29, 1.82) is 0 Å². The molecule has 106 valence electrons. The number of carbonyl (C=O) groups is 2. The lowest BCUT2D eigenvalue weighted by atomic mass is 9.92. The first-order chi connectivity index (χ1) is 8.11. The summed E-state index contributed by atoms with van der Waals surface area (Å²) in [6, 6.07) is 0. The third kappa shape index (κ3) is 9.02. The van der Waals surface area contributed by atoms with Crippen molar-refractivity contribution in [3.8, 4) is 0 Å². The predicted molar refractivity (Wildman–Crippen MR) is 70.3 cm³/mol. The Morgan fingerprint density at radius 3 is 2.17 bits per heavy atom. The molecule has 0 saturated heterocycles. The minimum absolute atomic E-state index is 0.254. The van der Waals surface area contributed by atoms with Crippen LogP contribution in [-0.2, 0) is 14.3 Å². The zero-order valence-corrected chi connectivity index (χ0v) is 12.2. The Bertz CT molecular complexity index is 276. The van der Waals surface area contributed by atoms with E-state index in [0.717, 1.165) is 0 Å². The number of hydrogen-bond acceptors (Lipinski definition) is 3. The summed E-state index contributed by atoms with van der Waals surface area (Å²) >= 11 is 0. The highest BCUT2D eigenvalue weighted by atomic mass is 16.6.